The van der Waals surface area contributed by atoms with E-state index in [1.54, 1.807) is 0 Å². The highest BCUT2D eigenvalue weighted by atomic mass is 16.3. The van der Waals surface area contributed by atoms with Crippen molar-refractivity contribution in [3.8, 4) is 67.5 Å². The van der Waals surface area contributed by atoms with Crippen LogP contribution in [0.5, 0.6) is 0 Å². The number of aromatic nitrogens is 3. The molecule has 11 aromatic rings. The molecular formula is C58H37N3O. The molecule has 62 heavy (non-hydrogen) atoms. The third kappa shape index (κ3) is 5.80. The van der Waals surface area contributed by atoms with Gasteiger partial charge in [0.05, 0.1) is 5.41 Å². The molecule has 0 aliphatic heterocycles. The second kappa shape index (κ2) is 14.5. The standard InChI is InChI=1S/C58H37N3O/c1-5-16-38(17-6-1)39-28-30-41(31-29-39)56-59-55(40-18-7-2-8-19-40)60-57(61-56)44-21-15-20-42(34-44)43-32-33-48-50-36-49-47-26-13-14-27-51(47)58(45-22-9-3-10-23-45,46-24-11-4-12-25-46)52(49)37-54(50)62-53(48)35-43/h1-37H. The van der Waals surface area contributed by atoms with Crippen molar-refractivity contribution in [3.63, 3.8) is 0 Å². The van der Waals surface area contributed by atoms with Crippen molar-refractivity contribution in [2.24, 2.45) is 0 Å². The maximum absolute atomic E-state index is 6.85. The SMILES string of the molecule is c1ccc(-c2ccc(-c3nc(-c4ccccc4)nc(-c4cccc(-c5ccc6c(c5)oc5cc7c(cc56)-c5ccccc5C7(c5ccccc5)c5ccccc5)c4)n3)cc2)cc1. The Balaban J connectivity index is 0.960. The zero-order valence-corrected chi connectivity index (χ0v) is 33.6. The highest BCUT2D eigenvalue weighted by Crippen LogP contribution is 2.57. The summed E-state index contributed by atoms with van der Waals surface area (Å²) >= 11 is 0. The fourth-order valence-electron chi connectivity index (χ4n) is 9.52. The minimum atomic E-state index is -0.492. The van der Waals surface area contributed by atoms with Gasteiger partial charge in [0, 0.05) is 27.5 Å². The van der Waals surface area contributed by atoms with Crippen molar-refractivity contribution in [3.05, 3.63) is 247 Å². The van der Waals surface area contributed by atoms with E-state index in [1.807, 2.05) is 36.4 Å². The lowest BCUT2D eigenvalue weighted by molar-refractivity contribution is 0.666. The van der Waals surface area contributed by atoms with Gasteiger partial charge in [-0.2, -0.15) is 0 Å². The third-order valence-electron chi connectivity index (χ3n) is 12.4. The van der Waals surface area contributed by atoms with Crippen LogP contribution < -0.4 is 0 Å². The van der Waals surface area contributed by atoms with Gasteiger partial charge in [-0.3, -0.25) is 0 Å². The van der Waals surface area contributed by atoms with E-state index >= 15 is 0 Å². The molecule has 9 aromatic carbocycles. The average molecular weight is 792 g/mol. The van der Waals surface area contributed by atoms with Crippen LogP contribution in [0.2, 0.25) is 0 Å². The van der Waals surface area contributed by atoms with Gasteiger partial charge in [-0.25, -0.2) is 15.0 Å². The molecule has 0 saturated heterocycles. The molecule has 0 unspecified atom stereocenters. The van der Waals surface area contributed by atoms with Crippen molar-refractivity contribution in [1.29, 1.82) is 0 Å². The van der Waals surface area contributed by atoms with E-state index in [4.69, 9.17) is 19.4 Å². The normalized spacial score (nSPS) is 12.6. The fraction of sp³-hybridized carbons (Fsp3) is 0.0172. The molecule has 0 bridgehead atoms. The average Bonchev–Trinajstić information content (AvgIpc) is 3.86. The van der Waals surface area contributed by atoms with Gasteiger partial charge in [0.1, 0.15) is 11.2 Å². The van der Waals surface area contributed by atoms with Gasteiger partial charge in [-0.15, -0.1) is 0 Å². The van der Waals surface area contributed by atoms with Crippen LogP contribution in [0.1, 0.15) is 22.3 Å². The summed E-state index contributed by atoms with van der Waals surface area (Å²) in [6.07, 6.45) is 0. The monoisotopic (exact) mass is 791 g/mol. The fourth-order valence-corrected chi connectivity index (χ4v) is 9.52. The second-order valence-electron chi connectivity index (χ2n) is 15.9. The predicted molar refractivity (Wildman–Crippen MR) is 252 cm³/mol. The highest BCUT2D eigenvalue weighted by Gasteiger charge is 2.46. The quantitative estimate of drug-likeness (QED) is 0.161. The number of hydrogen-bond donors (Lipinski definition) is 0. The van der Waals surface area contributed by atoms with Crippen LogP contribution in [-0.4, -0.2) is 15.0 Å². The van der Waals surface area contributed by atoms with Crippen molar-refractivity contribution < 1.29 is 4.42 Å². The van der Waals surface area contributed by atoms with Crippen molar-refractivity contribution in [1.82, 2.24) is 15.0 Å². The Hall–Kier alpha value is -8.21. The molecule has 0 amide bonds. The van der Waals surface area contributed by atoms with E-state index in [2.05, 4.69) is 188 Å². The second-order valence-corrected chi connectivity index (χ2v) is 15.9. The molecule has 0 saturated carbocycles. The molecule has 4 nitrogen and oxygen atoms in total. The van der Waals surface area contributed by atoms with Crippen LogP contribution in [0.15, 0.2) is 229 Å². The summed E-state index contributed by atoms with van der Waals surface area (Å²) < 4.78 is 6.85. The molecule has 2 heterocycles. The molecule has 0 atom stereocenters. The summed E-state index contributed by atoms with van der Waals surface area (Å²) in [6, 6.07) is 79.2. The van der Waals surface area contributed by atoms with E-state index in [1.165, 1.54) is 38.9 Å². The Bertz CT molecular complexity index is 3390. The van der Waals surface area contributed by atoms with Gasteiger partial charge in [0.25, 0.3) is 0 Å². The maximum atomic E-state index is 6.85. The van der Waals surface area contributed by atoms with Gasteiger partial charge >= 0.3 is 0 Å². The van der Waals surface area contributed by atoms with Gasteiger partial charge < -0.3 is 4.42 Å². The van der Waals surface area contributed by atoms with Crippen LogP contribution >= 0.6 is 0 Å². The lowest BCUT2D eigenvalue weighted by atomic mass is 9.67. The summed E-state index contributed by atoms with van der Waals surface area (Å²) in [7, 11) is 0. The van der Waals surface area contributed by atoms with Crippen molar-refractivity contribution >= 4 is 21.9 Å². The zero-order valence-electron chi connectivity index (χ0n) is 33.6. The Morgan fingerprint density at radius 3 is 1.44 bits per heavy atom. The molecule has 0 N–H and O–H groups in total. The molecule has 4 heteroatoms. The van der Waals surface area contributed by atoms with Gasteiger partial charge in [0.2, 0.25) is 0 Å². The molecule has 1 aliphatic carbocycles. The van der Waals surface area contributed by atoms with Crippen LogP contribution in [0.4, 0.5) is 0 Å². The Morgan fingerprint density at radius 2 is 0.758 bits per heavy atom. The number of hydrogen-bond acceptors (Lipinski definition) is 4. The topological polar surface area (TPSA) is 51.8 Å². The van der Waals surface area contributed by atoms with E-state index in [0.29, 0.717) is 17.5 Å². The summed E-state index contributed by atoms with van der Waals surface area (Å²) in [4.78, 5) is 15.1. The molecule has 290 valence electrons. The smallest absolute Gasteiger partial charge is 0.164 e. The first-order chi connectivity index (χ1) is 30.7. The Morgan fingerprint density at radius 1 is 0.290 bits per heavy atom. The molecular weight excluding hydrogens is 755 g/mol. The predicted octanol–water partition coefficient (Wildman–Crippen LogP) is 14.5. The largest absolute Gasteiger partial charge is 0.456 e. The first kappa shape index (κ1) is 35.7. The first-order valence-electron chi connectivity index (χ1n) is 21.0. The summed E-state index contributed by atoms with van der Waals surface area (Å²) in [6.45, 7) is 0. The van der Waals surface area contributed by atoms with Crippen molar-refractivity contribution in [2.75, 3.05) is 0 Å². The van der Waals surface area contributed by atoms with Gasteiger partial charge in [-0.05, 0) is 86.0 Å². The lowest BCUT2D eigenvalue weighted by Crippen LogP contribution is -2.28. The highest BCUT2D eigenvalue weighted by molar-refractivity contribution is 6.09. The number of nitrogens with zero attached hydrogens (tertiary/aromatic N) is 3. The molecule has 0 radical (unpaired) electrons. The lowest BCUT2D eigenvalue weighted by Gasteiger charge is -2.33. The van der Waals surface area contributed by atoms with Gasteiger partial charge in [0.15, 0.2) is 17.5 Å². The molecule has 1 aliphatic rings. The summed E-state index contributed by atoms with van der Waals surface area (Å²) in [5, 5.41) is 2.19. The first-order valence-corrected chi connectivity index (χ1v) is 21.0. The number of fused-ring (bicyclic) bond motifs is 6. The van der Waals surface area contributed by atoms with Gasteiger partial charge in [-0.1, -0.05) is 194 Å². The van der Waals surface area contributed by atoms with Crippen LogP contribution in [0, 0.1) is 0 Å². The van der Waals surface area contributed by atoms with E-state index in [-0.39, 0.29) is 0 Å². The molecule has 0 fully saturated rings. The third-order valence-corrected chi connectivity index (χ3v) is 12.4. The number of benzene rings is 9. The van der Waals surface area contributed by atoms with Crippen LogP contribution in [-0.2, 0) is 5.41 Å². The number of rotatable bonds is 7. The maximum Gasteiger partial charge on any atom is 0.164 e. The van der Waals surface area contributed by atoms with E-state index in [0.717, 1.165) is 55.3 Å². The van der Waals surface area contributed by atoms with Crippen molar-refractivity contribution in [2.45, 2.75) is 5.41 Å². The van der Waals surface area contributed by atoms with Crippen LogP contribution in [0.25, 0.3) is 89.5 Å². The Kier molecular flexibility index (Phi) is 8.36. The zero-order chi connectivity index (χ0) is 41.0. The van der Waals surface area contributed by atoms with Crippen LogP contribution in [0.3, 0.4) is 0 Å². The van der Waals surface area contributed by atoms with E-state index < -0.39 is 5.41 Å². The molecule has 0 spiro atoms. The minimum absolute atomic E-state index is 0.492. The molecule has 12 rings (SSSR count). The molecule has 2 aromatic heterocycles. The number of furan rings is 1. The summed E-state index contributed by atoms with van der Waals surface area (Å²) in [5.41, 5.74) is 15.9. The summed E-state index contributed by atoms with van der Waals surface area (Å²) in [5.74, 6) is 1.87. The Labute approximate surface area is 359 Å². The van der Waals surface area contributed by atoms with E-state index in [9.17, 15) is 0 Å². The minimum Gasteiger partial charge on any atom is -0.456 e.